The van der Waals surface area contributed by atoms with Gasteiger partial charge in [-0.05, 0) is 81.6 Å². The van der Waals surface area contributed by atoms with Gasteiger partial charge < -0.3 is 15.1 Å². The van der Waals surface area contributed by atoms with Crippen molar-refractivity contribution in [3.8, 4) is 5.75 Å². The molecule has 12 heteroatoms. The summed E-state index contributed by atoms with van der Waals surface area (Å²) in [6, 6.07) is 8.86. The van der Waals surface area contributed by atoms with Crippen LogP contribution in [0, 0.1) is 5.92 Å². The molecule has 9 nitrogen and oxygen atoms in total. The highest BCUT2D eigenvalue weighted by atomic mass is 19.4. The van der Waals surface area contributed by atoms with E-state index in [1.165, 1.54) is 19.1 Å². The van der Waals surface area contributed by atoms with E-state index in [-0.39, 0.29) is 46.4 Å². The van der Waals surface area contributed by atoms with E-state index in [2.05, 4.69) is 10.5 Å². The van der Waals surface area contributed by atoms with Crippen molar-refractivity contribution in [1.82, 2.24) is 4.90 Å². The van der Waals surface area contributed by atoms with E-state index in [9.17, 15) is 37.8 Å². The van der Waals surface area contributed by atoms with Gasteiger partial charge in [0.05, 0.1) is 22.9 Å². The van der Waals surface area contributed by atoms with E-state index >= 15 is 0 Å². The van der Waals surface area contributed by atoms with Gasteiger partial charge in [-0.1, -0.05) is 24.6 Å². The minimum atomic E-state index is -4.68. The van der Waals surface area contributed by atoms with Crippen molar-refractivity contribution >= 4 is 34.9 Å². The molecule has 2 aromatic rings. The molecule has 2 aromatic carbocycles. The molecule has 0 bridgehead atoms. The quantitative estimate of drug-likeness (QED) is 0.243. The first-order valence-corrected chi connectivity index (χ1v) is 13.1. The van der Waals surface area contributed by atoms with E-state index in [0.29, 0.717) is 36.1 Å². The molecule has 1 fully saturated rings. The number of phenolic OH excluding ortho intramolecular Hbond substituents is 1. The summed E-state index contributed by atoms with van der Waals surface area (Å²) in [5.41, 5.74) is 2.36. The lowest BCUT2D eigenvalue weighted by atomic mass is 9.77. The number of nitrogens with zero attached hydrogens (tertiary/aromatic N) is 3. The molecule has 4 rings (SSSR count). The summed E-state index contributed by atoms with van der Waals surface area (Å²) in [7, 11) is 3.41. The summed E-state index contributed by atoms with van der Waals surface area (Å²) in [6.45, 7) is 1.63. The standard InChI is InChI=1S/C29H31F3N4O5/c1-16-22(15-35(2)3)26(38)36(20-10-5-9-19(14-20)29(30,31)32)27(39)24(16)34-33-23-12-6-11-21(25(23)37)17-7-4-8-18(13-17)28(40)41/h5-6,9-12,14,17-18,33,37H,4,7-8,13,15H2,1-3H3,(H,40,41)/b34-24+. The Bertz CT molecular complexity index is 1430. The van der Waals surface area contributed by atoms with Crippen molar-refractivity contribution in [1.29, 1.82) is 0 Å². The van der Waals surface area contributed by atoms with Crippen molar-refractivity contribution in [3.63, 3.8) is 0 Å². The molecule has 1 saturated carbocycles. The van der Waals surface area contributed by atoms with E-state index in [0.717, 1.165) is 18.2 Å². The van der Waals surface area contributed by atoms with E-state index in [1.54, 1.807) is 31.1 Å². The number of carbonyl (C=O) groups is 3. The first kappa shape index (κ1) is 29.8. The Kier molecular flexibility index (Phi) is 8.52. The third kappa shape index (κ3) is 6.27. The fraction of sp³-hybridized carbons (Fsp3) is 0.379. The number of imide groups is 1. The maximum Gasteiger partial charge on any atom is 0.416 e. The molecule has 0 saturated heterocycles. The molecular weight excluding hydrogens is 541 g/mol. The number of phenols is 1. The predicted octanol–water partition coefficient (Wildman–Crippen LogP) is 4.99. The molecule has 41 heavy (non-hydrogen) atoms. The Morgan fingerprint density at radius 2 is 1.83 bits per heavy atom. The molecule has 2 atom stereocenters. The molecule has 2 amide bonds. The molecule has 2 aliphatic rings. The van der Waals surface area contributed by atoms with Crippen LogP contribution in [0.15, 0.2) is 58.7 Å². The number of hydrogen-bond donors (Lipinski definition) is 3. The number of anilines is 2. The third-order valence-electron chi connectivity index (χ3n) is 7.40. The highest BCUT2D eigenvalue weighted by Gasteiger charge is 2.39. The maximum absolute atomic E-state index is 13.5. The number of aliphatic carboxylic acids is 1. The second-order valence-electron chi connectivity index (χ2n) is 10.5. The topological polar surface area (TPSA) is 123 Å². The molecule has 2 unspecified atom stereocenters. The number of para-hydroxylation sites is 1. The van der Waals surface area contributed by atoms with Crippen molar-refractivity contribution in [2.75, 3.05) is 31.0 Å². The average molecular weight is 573 g/mol. The van der Waals surface area contributed by atoms with Gasteiger partial charge >= 0.3 is 12.1 Å². The highest BCUT2D eigenvalue weighted by molar-refractivity contribution is 6.57. The summed E-state index contributed by atoms with van der Waals surface area (Å²) in [6.07, 6.45) is -2.32. The average Bonchev–Trinajstić information content (AvgIpc) is 2.91. The van der Waals surface area contributed by atoms with E-state index in [1.807, 2.05) is 0 Å². The van der Waals surface area contributed by atoms with Crippen LogP contribution in [0.1, 0.15) is 49.7 Å². The van der Waals surface area contributed by atoms with Gasteiger partial charge in [-0.25, -0.2) is 4.90 Å². The number of benzene rings is 2. The summed E-state index contributed by atoms with van der Waals surface area (Å²) in [5, 5.41) is 24.7. The van der Waals surface area contributed by atoms with Gasteiger partial charge in [0, 0.05) is 12.1 Å². The lowest BCUT2D eigenvalue weighted by Crippen LogP contribution is -2.49. The predicted molar refractivity (Wildman–Crippen MR) is 147 cm³/mol. The number of carbonyl (C=O) groups excluding carboxylic acids is 2. The fourth-order valence-corrected chi connectivity index (χ4v) is 5.28. The normalized spacial score (nSPS) is 21.1. The van der Waals surface area contributed by atoms with Crippen LogP contribution in [0.4, 0.5) is 24.5 Å². The summed E-state index contributed by atoms with van der Waals surface area (Å²) >= 11 is 0. The lowest BCUT2D eigenvalue weighted by Gasteiger charge is -2.30. The van der Waals surface area contributed by atoms with Crippen LogP contribution < -0.4 is 10.3 Å². The van der Waals surface area contributed by atoms with Crippen LogP contribution in [-0.2, 0) is 20.6 Å². The summed E-state index contributed by atoms with van der Waals surface area (Å²) < 4.78 is 40.2. The molecular formula is C29H31F3N4O5. The number of carboxylic acid groups (broad SMARTS) is 1. The Morgan fingerprint density at radius 3 is 2.49 bits per heavy atom. The number of amides is 2. The van der Waals surface area contributed by atoms with Gasteiger partial charge in [-0.15, -0.1) is 0 Å². The Balaban J connectivity index is 1.71. The number of halogens is 3. The van der Waals surface area contributed by atoms with Crippen LogP contribution in [0.3, 0.4) is 0 Å². The van der Waals surface area contributed by atoms with Crippen LogP contribution in [-0.4, -0.2) is 59.2 Å². The molecule has 1 heterocycles. The minimum Gasteiger partial charge on any atom is -0.505 e. The van der Waals surface area contributed by atoms with Crippen molar-refractivity contribution < 1.29 is 37.8 Å². The van der Waals surface area contributed by atoms with Crippen LogP contribution in [0.5, 0.6) is 5.75 Å². The number of hydrazone groups is 1. The zero-order chi connectivity index (χ0) is 30.1. The summed E-state index contributed by atoms with van der Waals surface area (Å²) in [5.74, 6) is -3.38. The van der Waals surface area contributed by atoms with Crippen LogP contribution in [0.25, 0.3) is 0 Å². The first-order valence-electron chi connectivity index (χ1n) is 13.1. The number of rotatable bonds is 7. The van der Waals surface area contributed by atoms with E-state index in [4.69, 9.17) is 0 Å². The molecule has 1 aliphatic carbocycles. The van der Waals surface area contributed by atoms with Gasteiger partial charge in [0.2, 0.25) is 0 Å². The van der Waals surface area contributed by atoms with E-state index < -0.39 is 35.4 Å². The fourth-order valence-electron chi connectivity index (χ4n) is 5.28. The molecule has 3 N–H and O–H groups in total. The zero-order valence-electron chi connectivity index (χ0n) is 22.8. The summed E-state index contributed by atoms with van der Waals surface area (Å²) in [4.78, 5) is 40.8. The number of carboxylic acids is 1. The van der Waals surface area contributed by atoms with Crippen molar-refractivity contribution in [3.05, 3.63) is 64.7 Å². The van der Waals surface area contributed by atoms with Gasteiger partial charge in [0.15, 0.2) is 5.71 Å². The van der Waals surface area contributed by atoms with Crippen molar-refractivity contribution in [2.45, 2.75) is 44.7 Å². The first-order chi connectivity index (χ1) is 19.3. The van der Waals surface area contributed by atoms with Gasteiger partial charge in [-0.3, -0.25) is 19.8 Å². The second-order valence-corrected chi connectivity index (χ2v) is 10.5. The Hall–Kier alpha value is -4.19. The molecule has 218 valence electrons. The number of aromatic hydroxyl groups is 1. The van der Waals surface area contributed by atoms with Crippen molar-refractivity contribution in [2.24, 2.45) is 11.0 Å². The lowest BCUT2D eigenvalue weighted by molar-refractivity contribution is -0.143. The highest BCUT2D eigenvalue weighted by Crippen LogP contribution is 2.42. The SMILES string of the molecule is CC1=C(CN(C)C)C(=O)N(c2cccc(C(F)(F)F)c2)C(=O)/C1=N/Nc1cccc(C2CCCC(C(=O)O)C2)c1O. The van der Waals surface area contributed by atoms with Gasteiger partial charge in [0.1, 0.15) is 5.75 Å². The second kappa shape index (κ2) is 11.7. The molecule has 0 radical (unpaired) electrons. The Labute approximate surface area is 234 Å². The van der Waals surface area contributed by atoms with Crippen LogP contribution in [0.2, 0.25) is 0 Å². The number of hydrogen-bond acceptors (Lipinski definition) is 7. The van der Waals surface area contributed by atoms with Crippen LogP contribution >= 0.6 is 0 Å². The largest absolute Gasteiger partial charge is 0.505 e. The third-order valence-corrected chi connectivity index (χ3v) is 7.40. The zero-order valence-corrected chi connectivity index (χ0v) is 22.8. The van der Waals surface area contributed by atoms with Gasteiger partial charge in [-0.2, -0.15) is 18.3 Å². The molecule has 1 aliphatic heterocycles. The number of likely N-dealkylation sites (N-methyl/N-ethyl adjacent to an activating group) is 1. The minimum absolute atomic E-state index is 0.0968. The monoisotopic (exact) mass is 572 g/mol. The molecule has 0 spiro atoms. The maximum atomic E-state index is 13.5. The smallest absolute Gasteiger partial charge is 0.416 e. The number of nitrogens with one attached hydrogen (secondary N) is 1. The molecule has 0 aromatic heterocycles. The van der Waals surface area contributed by atoms with Gasteiger partial charge in [0.25, 0.3) is 11.8 Å². The number of alkyl halides is 3. The Morgan fingerprint density at radius 1 is 1.12 bits per heavy atom.